The lowest BCUT2D eigenvalue weighted by Crippen LogP contribution is -2.65. The first-order chi connectivity index (χ1) is 16.9. The van der Waals surface area contributed by atoms with Crippen LogP contribution in [-0.2, 0) is 20.8 Å². The fourth-order valence-electron chi connectivity index (χ4n) is 6.01. The van der Waals surface area contributed by atoms with Crippen LogP contribution in [0.4, 0.5) is 5.69 Å². The summed E-state index contributed by atoms with van der Waals surface area (Å²) in [5.74, 6) is -7.15. The van der Waals surface area contributed by atoms with Crippen molar-refractivity contribution in [3.8, 4) is 16.9 Å². The van der Waals surface area contributed by atoms with Crippen molar-refractivity contribution in [2.75, 3.05) is 19.8 Å². The van der Waals surface area contributed by atoms with Crippen LogP contribution in [0.3, 0.4) is 0 Å². The summed E-state index contributed by atoms with van der Waals surface area (Å²) in [6.45, 7) is 0. The van der Waals surface area contributed by atoms with Crippen molar-refractivity contribution < 1.29 is 39.2 Å². The molecule has 1 heterocycles. The summed E-state index contributed by atoms with van der Waals surface area (Å²) in [7, 11) is 3.09. The number of fused-ring (bicyclic) bond motifs is 3. The van der Waals surface area contributed by atoms with Gasteiger partial charge in [0.2, 0.25) is 5.78 Å². The summed E-state index contributed by atoms with van der Waals surface area (Å²) in [5.41, 5.74) is 9.15. The molecule has 1 fully saturated rings. The molecule has 188 valence electrons. The minimum atomic E-state index is -2.69. The quantitative estimate of drug-likeness (QED) is 0.201. The van der Waals surface area contributed by atoms with Gasteiger partial charge in [-0.3, -0.25) is 19.3 Å². The number of rotatable bonds is 3. The minimum absolute atomic E-state index is 0.00171. The van der Waals surface area contributed by atoms with E-state index in [-0.39, 0.29) is 29.7 Å². The molecule has 3 aliphatic rings. The SMILES string of the molecule is CN(C)[C@H]1C(=O)C(C(N)=O)=C(O)[C@]2(O)C(=O)C3=C(O)c4c(O)c(N)cc(-c5ccoc5)c4C[C@@H]3C[C@H]12. The largest absolute Gasteiger partial charge is 0.508 e. The number of phenols is 1. The van der Waals surface area contributed by atoms with Crippen molar-refractivity contribution in [2.24, 2.45) is 17.6 Å². The monoisotopic (exact) mass is 495 g/mol. The number of aromatic hydroxyl groups is 1. The molecule has 8 N–H and O–H groups in total. The molecule has 1 aromatic heterocycles. The van der Waals surface area contributed by atoms with Crippen molar-refractivity contribution in [3.05, 3.63) is 52.7 Å². The van der Waals surface area contributed by atoms with Crippen molar-refractivity contribution in [1.82, 2.24) is 4.90 Å². The van der Waals surface area contributed by atoms with Gasteiger partial charge in [0.05, 0.1) is 29.8 Å². The van der Waals surface area contributed by atoms with Gasteiger partial charge in [0.25, 0.3) is 5.91 Å². The molecule has 11 heteroatoms. The van der Waals surface area contributed by atoms with Crippen molar-refractivity contribution in [1.29, 1.82) is 0 Å². The van der Waals surface area contributed by atoms with Gasteiger partial charge in [-0.05, 0) is 56.1 Å². The number of likely N-dealkylation sites (N-methyl/N-ethyl adjacent to an activating group) is 1. The van der Waals surface area contributed by atoms with Gasteiger partial charge in [0, 0.05) is 17.1 Å². The summed E-state index contributed by atoms with van der Waals surface area (Å²) in [6, 6.07) is 2.08. The van der Waals surface area contributed by atoms with Gasteiger partial charge in [-0.25, -0.2) is 0 Å². The number of nitrogens with zero attached hydrogens (tertiary/aromatic N) is 1. The van der Waals surface area contributed by atoms with Crippen molar-refractivity contribution >= 4 is 28.9 Å². The molecule has 0 saturated heterocycles. The lowest BCUT2D eigenvalue weighted by Gasteiger charge is -2.50. The van der Waals surface area contributed by atoms with Crippen molar-refractivity contribution in [2.45, 2.75) is 24.5 Å². The van der Waals surface area contributed by atoms with Crippen LogP contribution in [0.15, 0.2) is 46.0 Å². The predicted molar refractivity (Wildman–Crippen MR) is 126 cm³/mol. The summed E-state index contributed by atoms with van der Waals surface area (Å²) in [5, 5.41) is 44.5. The lowest BCUT2D eigenvalue weighted by atomic mass is 9.57. The van der Waals surface area contributed by atoms with Crippen LogP contribution in [-0.4, -0.2) is 68.5 Å². The molecular formula is C25H25N3O8. The molecule has 0 aliphatic heterocycles. The molecule has 1 aromatic carbocycles. The number of carbonyl (C=O) groups is 3. The van der Waals surface area contributed by atoms with Crippen molar-refractivity contribution in [3.63, 3.8) is 0 Å². The van der Waals surface area contributed by atoms with Crippen LogP contribution < -0.4 is 11.5 Å². The Morgan fingerprint density at radius 2 is 1.92 bits per heavy atom. The average molecular weight is 495 g/mol. The lowest BCUT2D eigenvalue weighted by molar-refractivity contribution is -0.153. The Hall–Kier alpha value is -4.09. The third kappa shape index (κ3) is 2.90. The van der Waals surface area contributed by atoms with Crippen LogP contribution in [0, 0.1) is 11.8 Å². The molecule has 1 amide bonds. The molecule has 0 unspecified atom stereocenters. The molecular weight excluding hydrogens is 470 g/mol. The van der Waals surface area contributed by atoms with Gasteiger partial charge in [-0.2, -0.15) is 0 Å². The number of hydrogen-bond acceptors (Lipinski definition) is 10. The first-order valence-corrected chi connectivity index (χ1v) is 11.2. The Labute approximate surface area is 204 Å². The number of aliphatic hydroxyl groups is 3. The second kappa shape index (κ2) is 7.70. The molecule has 36 heavy (non-hydrogen) atoms. The number of Topliss-reactive ketones (excluding diaryl/α,β-unsaturated/α-hetero) is 2. The number of furan rings is 1. The molecule has 1 saturated carbocycles. The fraction of sp³-hybridized carbons (Fsp3) is 0.320. The van der Waals surface area contributed by atoms with E-state index in [4.69, 9.17) is 15.9 Å². The van der Waals surface area contributed by atoms with Crippen LogP contribution in [0.1, 0.15) is 17.5 Å². The maximum Gasteiger partial charge on any atom is 0.255 e. The number of carbonyl (C=O) groups excluding carboxylic acids is 3. The fourth-order valence-corrected chi connectivity index (χ4v) is 6.01. The smallest absolute Gasteiger partial charge is 0.255 e. The first kappa shape index (κ1) is 23.6. The van der Waals surface area contributed by atoms with E-state index in [0.717, 1.165) is 0 Å². The van der Waals surface area contributed by atoms with Gasteiger partial charge >= 0.3 is 0 Å². The zero-order valence-corrected chi connectivity index (χ0v) is 19.5. The number of anilines is 1. The average Bonchev–Trinajstić information content (AvgIpc) is 3.33. The van der Waals surface area contributed by atoms with Gasteiger partial charge in [0.1, 0.15) is 22.8 Å². The Morgan fingerprint density at radius 3 is 2.50 bits per heavy atom. The molecule has 0 bridgehead atoms. The Bertz CT molecular complexity index is 1400. The minimum Gasteiger partial charge on any atom is -0.508 e. The normalized spacial score (nSPS) is 27.7. The highest BCUT2D eigenvalue weighted by Gasteiger charge is 2.64. The zero-order chi connectivity index (χ0) is 26.3. The number of ketones is 2. The van der Waals surface area contributed by atoms with Gasteiger partial charge < -0.3 is 36.3 Å². The number of phenolic OH excluding ortho intramolecular Hbond substituents is 1. The highest BCUT2D eigenvalue weighted by Crippen LogP contribution is 2.54. The second-order valence-electron chi connectivity index (χ2n) is 9.69. The Kier molecular flexibility index (Phi) is 5.06. The van der Waals surface area contributed by atoms with E-state index in [1.807, 2.05) is 0 Å². The highest BCUT2D eigenvalue weighted by molar-refractivity contribution is 6.24. The zero-order valence-electron chi connectivity index (χ0n) is 19.5. The third-order valence-electron chi connectivity index (χ3n) is 7.58. The summed E-state index contributed by atoms with van der Waals surface area (Å²) >= 11 is 0. The standard InChI is InChI=1S/C25H25N3O8/c1-28(2)18-13-6-10-5-12-11(9-3-4-36-8-9)7-14(26)19(29)16(12)20(30)15(10)22(32)25(13,35)23(33)17(21(18)31)24(27)34/h3-4,7-8,10,13,18,29-30,33,35H,5-6,26H2,1-2H3,(H2,27,34)/t10-,13-,18-,25-/m1/s1. The maximum atomic E-state index is 13.8. The number of nitrogen functional groups attached to an aromatic ring is 1. The second-order valence-corrected chi connectivity index (χ2v) is 9.69. The molecule has 11 nitrogen and oxygen atoms in total. The molecule has 4 atom stereocenters. The Balaban J connectivity index is 1.77. The number of amides is 1. The van der Waals surface area contributed by atoms with Crippen LogP contribution in [0.2, 0.25) is 0 Å². The number of aliphatic hydroxyl groups excluding tert-OH is 2. The summed E-state index contributed by atoms with van der Waals surface area (Å²) in [6.07, 6.45) is 3.09. The van der Waals surface area contributed by atoms with E-state index in [2.05, 4.69) is 0 Å². The number of primary amides is 1. The molecule has 5 rings (SSSR count). The highest BCUT2D eigenvalue weighted by atomic mass is 16.3. The Morgan fingerprint density at radius 1 is 1.22 bits per heavy atom. The number of nitrogens with two attached hydrogens (primary N) is 2. The molecule has 0 spiro atoms. The van der Waals surface area contributed by atoms with Gasteiger partial charge in [-0.15, -0.1) is 0 Å². The topological polar surface area (TPSA) is 201 Å². The van der Waals surface area contributed by atoms with E-state index in [1.54, 1.807) is 26.2 Å². The van der Waals surface area contributed by atoms with E-state index >= 15 is 0 Å². The maximum absolute atomic E-state index is 13.8. The van der Waals surface area contributed by atoms with E-state index in [0.29, 0.717) is 16.7 Å². The summed E-state index contributed by atoms with van der Waals surface area (Å²) in [4.78, 5) is 40.5. The third-order valence-corrected chi connectivity index (χ3v) is 7.58. The van der Waals surface area contributed by atoms with Gasteiger partial charge in [0.15, 0.2) is 11.4 Å². The van der Waals surface area contributed by atoms with E-state index in [9.17, 15) is 34.8 Å². The van der Waals surface area contributed by atoms with E-state index in [1.165, 1.54) is 17.4 Å². The van der Waals surface area contributed by atoms with Gasteiger partial charge in [-0.1, -0.05) is 0 Å². The van der Waals surface area contributed by atoms with Crippen LogP contribution in [0.25, 0.3) is 16.9 Å². The van der Waals surface area contributed by atoms with E-state index < -0.39 is 63.8 Å². The predicted octanol–water partition coefficient (Wildman–Crippen LogP) is 0.806. The molecule has 0 radical (unpaired) electrons. The number of hydrogen-bond donors (Lipinski definition) is 6. The van der Waals surface area contributed by atoms with Crippen LogP contribution >= 0.6 is 0 Å². The summed E-state index contributed by atoms with van der Waals surface area (Å²) < 4.78 is 5.18. The molecule has 2 aromatic rings. The number of benzene rings is 1. The van der Waals surface area contributed by atoms with Crippen LogP contribution in [0.5, 0.6) is 5.75 Å². The molecule has 3 aliphatic carbocycles. The first-order valence-electron chi connectivity index (χ1n) is 11.2.